The summed E-state index contributed by atoms with van der Waals surface area (Å²) in [5.41, 5.74) is -0.820. The number of ether oxygens (including phenoxy) is 1. The van der Waals surface area contributed by atoms with Crippen LogP contribution in [0.25, 0.3) is 0 Å². The second-order valence-electron chi connectivity index (χ2n) is 4.64. The third-order valence-electron chi connectivity index (χ3n) is 3.00. The Bertz CT molecular complexity index is 550. The van der Waals surface area contributed by atoms with Crippen molar-refractivity contribution in [3.8, 4) is 5.75 Å². The molecule has 1 heterocycles. The zero-order valence-electron chi connectivity index (χ0n) is 11.1. The zero-order chi connectivity index (χ0) is 15.3. The molecule has 0 fully saturated rings. The van der Waals surface area contributed by atoms with Gasteiger partial charge in [-0.2, -0.15) is 13.2 Å². The van der Waals surface area contributed by atoms with E-state index in [1.807, 2.05) is 0 Å². The van der Waals surface area contributed by atoms with Gasteiger partial charge in [-0.15, -0.1) is 0 Å². The quantitative estimate of drug-likeness (QED) is 0.887. The number of furan rings is 1. The van der Waals surface area contributed by atoms with Gasteiger partial charge in [0.2, 0.25) is 0 Å². The molecule has 21 heavy (non-hydrogen) atoms. The summed E-state index contributed by atoms with van der Waals surface area (Å²) in [6, 6.07) is 8.48. The molecule has 0 saturated carbocycles. The Labute approximate surface area is 120 Å². The van der Waals surface area contributed by atoms with Crippen LogP contribution in [0.15, 0.2) is 47.1 Å². The fourth-order valence-corrected chi connectivity index (χ4v) is 1.92. The fraction of sp³-hybridized carbons (Fsp3) is 0.333. The molecule has 2 aromatic rings. The van der Waals surface area contributed by atoms with Crippen LogP contribution in [-0.2, 0) is 12.6 Å². The highest BCUT2D eigenvalue weighted by atomic mass is 19.4. The average molecular weight is 300 g/mol. The predicted molar refractivity (Wildman–Crippen MR) is 69.9 cm³/mol. The SMILES string of the molecule is OCC(COc1ccccc1C(F)(F)F)Cc1ccco1. The van der Waals surface area contributed by atoms with E-state index < -0.39 is 11.7 Å². The third-order valence-corrected chi connectivity index (χ3v) is 3.00. The van der Waals surface area contributed by atoms with Crippen molar-refractivity contribution in [1.82, 2.24) is 0 Å². The van der Waals surface area contributed by atoms with E-state index in [-0.39, 0.29) is 24.9 Å². The first-order valence-electron chi connectivity index (χ1n) is 6.43. The molecule has 0 saturated heterocycles. The van der Waals surface area contributed by atoms with Gasteiger partial charge < -0.3 is 14.3 Å². The van der Waals surface area contributed by atoms with Gasteiger partial charge in [0, 0.05) is 18.9 Å². The molecule has 1 unspecified atom stereocenters. The van der Waals surface area contributed by atoms with Gasteiger partial charge >= 0.3 is 6.18 Å². The van der Waals surface area contributed by atoms with E-state index in [0.29, 0.717) is 12.2 Å². The van der Waals surface area contributed by atoms with Gasteiger partial charge in [0.1, 0.15) is 11.5 Å². The van der Waals surface area contributed by atoms with Crippen molar-refractivity contribution < 1.29 is 27.4 Å². The zero-order valence-corrected chi connectivity index (χ0v) is 11.1. The molecule has 0 amide bonds. The van der Waals surface area contributed by atoms with Crippen LogP contribution in [-0.4, -0.2) is 18.3 Å². The molecule has 1 aromatic heterocycles. The summed E-state index contributed by atoms with van der Waals surface area (Å²) in [6.45, 7) is -0.223. The van der Waals surface area contributed by atoms with Crippen molar-refractivity contribution in [1.29, 1.82) is 0 Å². The van der Waals surface area contributed by atoms with Crippen LogP contribution in [0.2, 0.25) is 0 Å². The minimum Gasteiger partial charge on any atom is -0.493 e. The maximum atomic E-state index is 12.8. The van der Waals surface area contributed by atoms with Gasteiger partial charge in [-0.1, -0.05) is 12.1 Å². The highest BCUT2D eigenvalue weighted by Crippen LogP contribution is 2.36. The molecule has 114 valence electrons. The summed E-state index contributed by atoms with van der Waals surface area (Å²) in [4.78, 5) is 0. The van der Waals surface area contributed by atoms with Crippen molar-refractivity contribution in [3.63, 3.8) is 0 Å². The van der Waals surface area contributed by atoms with Crippen molar-refractivity contribution in [2.45, 2.75) is 12.6 Å². The molecule has 0 aliphatic carbocycles. The van der Waals surface area contributed by atoms with E-state index in [4.69, 9.17) is 9.15 Å². The van der Waals surface area contributed by atoms with Gasteiger partial charge in [-0.05, 0) is 24.3 Å². The van der Waals surface area contributed by atoms with Crippen LogP contribution in [0, 0.1) is 5.92 Å². The molecular formula is C15H15F3O3. The molecule has 3 nitrogen and oxygen atoms in total. The summed E-state index contributed by atoms with van der Waals surface area (Å²) in [6.07, 6.45) is -2.56. The highest BCUT2D eigenvalue weighted by Gasteiger charge is 2.34. The maximum absolute atomic E-state index is 12.8. The lowest BCUT2D eigenvalue weighted by molar-refractivity contribution is -0.139. The second-order valence-corrected chi connectivity index (χ2v) is 4.64. The molecule has 1 N–H and O–H groups in total. The summed E-state index contributed by atoms with van der Waals surface area (Å²) in [5.74, 6) is 0.0853. The number of alkyl halides is 3. The van der Waals surface area contributed by atoms with Crippen LogP contribution in [0.1, 0.15) is 11.3 Å². The molecule has 1 atom stereocenters. The smallest absolute Gasteiger partial charge is 0.419 e. The van der Waals surface area contributed by atoms with Gasteiger partial charge in [0.25, 0.3) is 0 Å². The van der Waals surface area contributed by atoms with E-state index in [1.54, 1.807) is 12.1 Å². The van der Waals surface area contributed by atoms with E-state index >= 15 is 0 Å². The first-order chi connectivity index (χ1) is 10.0. The van der Waals surface area contributed by atoms with Crippen LogP contribution in [0.4, 0.5) is 13.2 Å². The standard InChI is InChI=1S/C15H15F3O3/c16-15(17,18)13-5-1-2-6-14(13)21-10-11(9-19)8-12-4-3-7-20-12/h1-7,11,19H,8-10H2. The Hall–Kier alpha value is -1.95. The van der Waals surface area contributed by atoms with Gasteiger partial charge in [0.05, 0.1) is 18.4 Å². The van der Waals surface area contributed by atoms with Crippen molar-refractivity contribution >= 4 is 0 Å². The Morgan fingerprint density at radius 3 is 2.52 bits per heavy atom. The summed E-state index contributed by atoms with van der Waals surface area (Å²) in [5, 5.41) is 9.29. The van der Waals surface area contributed by atoms with Crippen LogP contribution in [0.3, 0.4) is 0 Å². The van der Waals surface area contributed by atoms with E-state index in [2.05, 4.69) is 0 Å². The Balaban J connectivity index is 2.01. The second kappa shape index (κ2) is 6.67. The lowest BCUT2D eigenvalue weighted by atomic mass is 10.1. The third kappa shape index (κ3) is 4.26. The molecule has 1 aromatic carbocycles. The topological polar surface area (TPSA) is 42.6 Å². The normalized spacial score (nSPS) is 13.1. The number of hydrogen-bond donors (Lipinski definition) is 1. The van der Waals surface area contributed by atoms with E-state index in [1.165, 1.54) is 24.5 Å². The summed E-state index contributed by atoms with van der Waals surface area (Å²) >= 11 is 0. The van der Waals surface area contributed by atoms with Gasteiger partial charge in [-0.3, -0.25) is 0 Å². The van der Waals surface area contributed by atoms with Crippen molar-refractivity contribution in [2.75, 3.05) is 13.2 Å². The van der Waals surface area contributed by atoms with Crippen LogP contribution < -0.4 is 4.74 Å². The maximum Gasteiger partial charge on any atom is 0.419 e. The number of benzene rings is 1. The number of rotatable bonds is 6. The Morgan fingerprint density at radius 2 is 1.90 bits per heavy atom. The summed E-state index contributed by atoms with van der Waals surface area (Å²) < 4.78 is 48.8. The fourth-order valence-electron chi connectivity index (χ4n) is 1.92. The molecular weight excluding hydrogens is 285 g/mol. The number of halogens is 3. The monoisotopic (exact) mass is 300 g/mol. The van der Waals surface area contributed by atoms with Crippen LogP contribution >= 0.6 is 0 Å². The number of hydrogen-bond acceptors (Lipinski definition) is 3. The Morgan fingerprint density at radius 1 is 1.14 bits per heavy atom. The summed E-state index contributed by atoms with van der Waals surface area (Å²) in [7, 11) is 0. The molecule has 0 bridgehead atoms. The first kappa shape index (κ1) is 15.4. The molecule has 2 rings (SSSR count). The van der Waals surface area contributed by atoms with Gasteiger partial charge in [-0.25, -0.2) is 0 Å². The van der Waals surface area contributed by atoms with Crippen molar-refractivity contribution in [3.05, 3.63) is 54.0 Å². The molecule has 6 heteroatoms. The van der Waals surface area contributed by atoms with Crippen LogP contribution in [0.5, 0.6) is 5.75 Å². The first-order valence-corrected chi connectivity index (χ1v) is 6.43. The predicted octanol–water partition coefficient (Wildman–Crippen LogP) is 3.53. The molecule has 0 aliphatic heterocycles. The van der Waals surface area contributed by atoms with E-state index in [9.17, 15) is 18.3 Å². The Kier molecular flexibility index (Phi) is 4.90. The van der Waals surface area contributed by atoms with E-state index in [0.717, 1.165) is 6.07 Å². The molecule has 0 aliphatic rings. The highest BCUT2D eigenvalue weighted by molar-refractivity contribution is 5.35. The minimum atomic E-state index is -4.47. The lowest BCUT2D eigenvalue weighted by Gasteiger charge is -2.17. The van der Waals surface area contributed by atoms with Crippen molar-refractivity contribution in [2.24, 2.45) is 5.92 Å². The van der Waals surface area contributed by atoms with Gasteiger partial charge in [0.15, 0.2) is 0 Å². The molecule has 0 spiro atoms. The number of para-hydroxylation sites is 1. The largest absolute Gasteiger partial charge is 0.493 e. The number of aliphatic hydroxyl groups is 1. The number of aliphatic hydroxyl groups excluding tert-OH is 1. The lowest BCUT2D eigenvalue weighted by Crippen LogP contribution is -2.19. The minimum absolute atomic E-state index is 0.0235. The average Bonchev–Trinajstić information content (AvgIpc) is 2.95. The molecule has 0 radical (unpaired) electrons.